The number of alkyl halides is 3. The van der Waals surface area contributed by atoms with E-state index in [-0.39, 0.29) is 25.1 Å². The van der Waals surface area contributed by atoms with Crippen molar-refractivity contribution in [3.05, 3.63) is 0 Å². The maximum absolute atomic E-state index is 12.7. The standard InChI is InChI=1S/C11H16F3N3O.ClH/c12-11(13,14)10-7(6-18-17-10)5-8-3-1-2-4-9(15)16-8;/h7-8H,1-6H2,(H2,15,16);1H. The molecular weight excluding hydrogens is 283 g/mol. The Hall–Kier alpha value is -0.980. The number of aliphatic imine (C=N–C) groups is 1. The van der Waals surface area contributed by atoms with Crippen LogP contribution in [0.2, 0.25) is 0 Å². The SMILES string of the molecule is Cl.NC1=NC(CC2CON=C2C(F)(F)F)CCCC1. The van der Waals surface area contributed by atoms with Gasteiger partial charge in [0.1, 0.15) is 6.61 Å². The highest BCUT2D eigenvalue weighted by Crippen LogP contribution is 2.31. The molecule has 0 bridgehead atoms. The van der Waals surface area contributed by atoms with Crippen molar-refractivity contribution in [3.8, 4) is 0 Å². The first-order chi connectivity index (χ1) is 8.47. The van der Waals surface area contributed by atoms with Gasteiger partial charge in [-0.25, -0.2) is 0 Å². The molecule has 0 aromatic rings. The summed E-state index contributed by atoms with van der Waals surface area (Å²) >= 11 is 0. The molecule has 0 aliphatic carbocycles. The zero-order valence-electron chi connectivity index (χ0n) is 10.3. The van der Waals surface area contributed by atoms with Crippen molar-refractivity contribution in [1.29, 1.82) is 0 Å². The molecule has 0 aromatic heterocycles. The van der Waals surface area contributed by atoms with E-state index in [1.165, 1.54) is 0 Å². The summed E-state index contributed by atoms with van der Waals surface area (Å²) in [5.41, 5.74) is 4.87. The van der Waals surface area contributed by atoms with Gasteiger partial charge in [0.25, 0.3) is 0 Å². The van der Waals surface area contributed by atoms with Crippen molar-refractivity contribution >= 4 is 24.0 Å². The number of oxime groups is 1. The molecule has 2 atom stereocenters. The second-order valence-electron chi connectivity index (χ2n) is 4.72. The minimum absolute atomic E-state index is 0. The van der Waals surface area contributed by atoms with Crippen molar-refractivity contribution in [3.63, 3.8) is 0 Å². The van der Waals surface area contributed by atoms with E-state index in [4.69, 9.17) is 5.73 Å². The van der Waals surface area contributed by atoms with E-state index >= 15 is 0 Å². The monoisotopic (exact) mass is 299 g/mol. The molecule has 0 saturated heterocycles. The van der Waals surface area contributed by atoms with E-state index in [0.29, 0.717) is 12.3 Å². The van der Waals surface area contributed by atoms with Gasteiger partial charge in [0.2, 0.25) is 0 Å². The van der Waals surface area contributed by atoms with Crippen LogP contribution in [0.5, 0.6) is 0 Å². The van der Waals surface area contributed by atoms with Gasteiger partial charge < -0.3 is 10.6 Å². The Bertz CT molecular complexity index is 371. The highest BCUT2D eigenvalue weighted by atomic mass is 35.5. The molecule has 0 radical (unpaired) electrons. The predicted octanol–water partition coefficient (Wildman–Crippen LogP) is 2.66. The average Bonchev–Trinajstić information content (AvgIpc) is 2.62. The minimum Gasteiger partial charge on any atom is -0.395 e. The summed E-state index contributed by atoms with van der Waals surface area (Å²) < 4.78 is 38.0. The van der Waals surface area contributed by atoms with Crippen molar-refractivity contribution in [2.24, 2.45) is 21.8 Å². The first kappa shape index (κ1) is 16.1. The van der Waals surface area contributed by atoms with Crippen molar-refractivity contribution in [1.82, 2.24) is 0 Å². The van der Waals surface area contributed by atoms with Crippen molar-refractivity contribution in [2.75, 3.05) is 6.61 Å². The molecule has 0 aromatic carbocycles. The number of hydrogen-bond donors (Lipinski definition) is 1. The molecule has 19 heavy (non-hydrogen) atoms. The van der Waals surface area contributed by atoms with Crippen molar-refractivity contribution in [2.45, 2.75) is 44.3 Å². The third-order valence-electron chi connectivity index (χ3n) is 3.24. The van der Waals surface area contributed by atoms with Gasteiger partial charge in [0.05, 0.1) is 11.9 Å². The Kier molecular flexibility index (Phi) is 5.46. The number of halogens is 4. The molecule has 0 saturated carbocycles. The second-order valence-corrected chi connectivity index (χ2v) is 4.72. The van der Waals surface area contributed by atoms with Gasteiger partial charge in [0.15, 0.2) is 5.71 Å². The van der Waals surface area contributed by atoms with Crippen LogP contribution in [0.25, 0.3) is 0 Å². The van der Waals surface area contributed by atoms with E-state index in [1.807, 2.05) is 0 Å². The molecular formula is C11H17ClF3N3O. The molecule has 2 rings (SSSR count). The van der Waals surface area contributed by atoms with Crippen LogP contribution in [0.15, 0.2) is 10.1 Å². The summed E-state index contributed by atoms with van der Waals surface area (Å²) in [6.45, 7) is -0.0131. The van der Waals surface area contributed by atoms with Crippen LogP contribution in [-0.2, 0) is 4.84 Å². The summed E-state index contributed by atoms with van der Waals surface area (Å²) in [5, 5.41) is 3.11. The molecule has 2 unspecified atom stereocenters. The molecule has 2 aliphatic rings. The number of amidine groups is 1. The lowest BCUT2D eigenvalue weighted by Gasteiger charge is -2.17. The Morgan fingerprint density at radius 3 is 2.74 bits per heavy atom. The van der Waals surface area contributed by atoms with E-state index in [9.17, 15) is 13.2 Å². The Labute approximate surface area is 115 Å². The fourth-order valence-electron chi connectivity index (χ4n) is 2.36. The van der Waals surface area contributed by atoms with Crippen LogP contribution >= 0.6 is 12.4 Å². The molecule has 110 valence electrons. The zero-order chi connectivity index (χ0) is 13.2. The second kappa shape index (κ2) is 6.45. The van der Waals surface area contributed by atoms with Gasteiger partial charge in [-0.15, -0.1) is 12.4 Å². The first-order valence-electron chi connectivity index (χ1n) is 6.06. The van der Waals surface area contributed by atoms with Gasteiger partial charge in [0, 0.05) is 12.3 Å². The minimum atomic E-state index is -4.42. The van der Waals surface area contributed by atoms with Crippen LogP contribution < -0.4 is 5.73 Å². The lowest BCUT2D eigenvalue weighted by Crippen LogP contribution is -2.31. The summed E-state index contributed by atoms with van der Waals surface area (Å²) in [6.07, 6.45) is -0.700. The van der Waals surface area contributed by atoms with Crippen LogP contribution in [0.4, 0.5) is 13.2 Å². The van der Waals surface area contributed by atoms with E-state index in [2.05, 4.69) is 15.0 Å². The van der Waals surface area contributed by atoms with E-state index in [1.54, 1.807) is 0 Å². The quantitative estimate of drug-likeness (QED) is 0.852. The highest BCUT2D eigenvalue weighted by molar-refractivity contribution is 5.92. The van der Waals surface area contributed by atoms with Crippen molar-refractivity contribution < 1.29 is 18.0 Å². The maximum atomic E-state index is 12.7. The third kappa shape index (κ3) is 4.26. The Balaban J connectivity index is 0.00000180. The summed E-state index contributed by atoms with van der Waals surface area (Å²) in [7, 11) is 0. The number of rotatable bonds is 2. The smallest absolute Gasteiger partial charge is 0.395 e. The van der Waals surface area contributed by atoms with Crippen LogP contribution in [0.1, 0.15) is 32.1 Å². The van der Waals surface area contributed by atoms with Gasteiger partial charge in [-0.05, 0) is 19.3 Å². The fourth-order valence-corrected chi connectivity index (χ4v) is 2.36. The summed E-state index contributed by atoms with van der Waals surface area (Å²) in [5.74, 6) is -0.174. The van der Waals surface area contributed by atoms with E-state index < -0.39 is 17.8 Å². The summed E-state index contributed by atoms with van der Waals surface area (Å²) in [4.78, 5) is 8.86. The molecule has 8 heteroatoms. The largest absolute Gasteiger partial charge is 0.433 e. The van der Waals surface area contributed by atoms with Gasteiger partial charge in [-0.1, -0.05) is 11.6 Å². The molecule has 2 heterocycles. The normalized spacial score (nSPS) is 27.7. The molecule has 0 amide bonds. The molecule has 2 aliphatic heterocycles. The lowest BCUT2D eigenvalue weighted by molar-refractivity contribution is -0.0624. The Morgan fingerprint density at radius 2 is 2.05 bits per heavy atom. The van der Waals surface area contributed by atoms with Gasteiger partial charge in [-0.2, -0.15) is 13.2 Å². The van der Waals surface area contributed by atoms with E-state index in [0.717, 1.165) is 25.7 Å². The molecule has 0 fully saturated rings. The number of nitrogens with two attached hydrogens (primary N) is 1. The summed E-state index contributed by atoms with van der Waals surface area (Å²) in [6, 6.07) is -0.147. The topological polar surface area (TPSA) is 60.0 Å². The predicted molar refractivity (Wildman–Crippen MR) is 68.7 cm³/mol. The fraction of sp³-hybridized carbons (Fsp3) is 0.818. The molecule has 0 spiro atoms. The van der Waals surface area contributed by atoms with Gasteiger partial charge in [-0.3, -0.25) is 4.99 Å². The zero-order valence-corrected chi connectivity index (χ0v) is 11.1. The van der Waals surface area contributed by atoms with Crippen LogP contribution in [-0.4, -0.2) is 30.4 Å². The highest BCUT2D eigenvalue weighted by Gasteiger charge is 2.45. The average molecular weight is 300 g/mol. The van der Waals surface area contributed by atoms with Crippen LogP contribution in [0.3, 0.4) is 0 Å². The molecule has 4 nitrogen and oxygen atoms in total. The van der Waals surface area contributed by atoms with Crippen LogP contribution in [0, 0.1) is 5.92 Å². The number of hydrogen-bond acceptors (Lipinski definition) is 4. The third-order valence-corrected chi connectivity index (χ3v) is 3.24. The molecule has 2 N–H and O–H groups in total. The van der Waals surface area contributed by atoms with Gasteiger partial charge >= 0.3 is 6.18 Å². The Morgan fingerprint density at radius 1 is 1.32 bits per heavy atom. The first-order valence-corrected chi connectivity index (χ1v) is 6.06. The maximum Gasteiger partial charge on any atom is 0.433 e. The number of nitrogens with zero attached hydrogens (tertiary/aromatic N) is 2. The lowest BCUT2D eigenvalue weighted by atomic mass is 9.93.